The van der Waals surface area contributed by atoms with E-state index in [0.29, 0.717) is 0 Å². The molecule has 1 rings (SSSR count). The molecule has 33 heavy (non-hydrogen) atoms. The number of carboxylic acids is 1. The Hall–Kier alpha value is -3.51. The molecule has 1 aromatic carbocycles. The molecule has 12 heteroatoms. The summed E-state index contributed by atoms with van der Waals surface area (Å²) in [5.74, 6) is -4.43. The first kappa shape index (κ1) is 27.5. The molecule has 0 heterocycles. The summed E-state index contributed by atoms with van der Waals surface area (Å²) in [6, 6.07) is 4.03. The van der Waals surface area contributed by atoms with Crippen molar-refractivity contribution in [1.82, 2.24) is 16.0 Å². The fourth-order valence-corrected chi connectivity index (χ4v) is 2.84. The lowest BCUT2D eigenvalue weighted by Crippen LogP contribution is -2.57. The molecule has 4 amide bonds. The highest BCUT2D eigenvalue weighted by atomic mass is 16.4. The van der Waals surface area contributed by atoms with Gasteiger partial charge in [0, 0.05) is 6.42 Å². The van der Waals surface area contributed by atoms with Crippen molar-refractivity contribution in [1.29, 1.82) is 0 Å². The van der Waals surface area contributed by atoms with Gasteiger partial charge >= 0.3 is 5.97 Å². The second-order valence-electron chi connectivity index (χ2n) is 7.66. The van der Waals surface area contributed by atoms with Crippen LogP contribution in [0, 0.1) is 0 Å². The van der Waals surface area contributed by atoms with E-state index in [4.69, 9.17) is 16.6 Å². The van der Waals surface area contributed by atoms with Crippen molar-refractivity contribution in [3.63, 3.8) is 0 Å². The number of carbonyl (C=O) groups is 5. The first-order valence-electron chi connectivity index (χ1n) is 10.3. The van der Waals surface area contributed by atoms with Gasteiger partial charge in [0.15, 0.2) is 6.04 Å². The van der Waals surface area contributed by atoms with Crippen LogP contribution in [0.4, 0.5) is 0 Å². The third kappa shape index (κ3) is 9.66. The normalized spacial score (nSPS) is 15.3. The molecule has 0 aliphatic carbocycles. The standard InChI is InChI=1S/C21H31N5O7/c1-11(18(29)26-17(12(2)27)21(32)33)24-20(31)15(8-9-16(23)28)25-19(30)14(22)10-13-6-4-3-5-7-13/h3-7,11-12,14-15,17,27H,8-10,22H2,1-2H3,(H2,23,28)(H,24,31)(H,25,30)(H,26,29)(H,32,33). The number of aliphatic hydroxyl groups is 1. The van der Waals surface area contributed by atoms with Crippen molar-refractivity contribution >= 4 is 29.6 Å². The van der Waals surface area contributed by atoms with Crippen molar-refractivity contribution in [2.45, 2.75) is 63.4 Å². The Labute approximate surface area is 191 Å². The van der Waals surface area contributed by atoms with Crippen LogP contribution in [0.25, 0.3) is 0 Å². The van der Waals surface area contributed by atoms with Crippen LogP contribution in [0.15, 0.2) is 30.3 Å². The van der Waals surface area contributed by atoms with Gasteiger partial charge < -0.3 is 37.6 Å². The largest absolute Gasteiger partial charge is 0.480 e. The number of primary amides is 1. The minimum Gasteiger partial charge on any atom is -0.480 e. The number of rotatable bonds is 13. The van der Waals surface area contributed by atoms with Crippen molar-refractivity contribution < 1.29 is 34.2 Å². The van der Waals surface area contributed by atoms with Gasteiger partial charge in [0.25, 0.3) is 0 Å². The molecule has 0 fully saturated rings. The third-order valence-electron chi connectivity index (χ3n) is 4.75. The third-order valence-corrected chi connectivity index (χ3v) is 4.75. The van der Waals surface area contributed by atoms with Gasteiger partial charge in [-0.1, -0.05) is 30.3 Å². The van der Waals surface area contributed by atoms with E-state index in [-0.39, 0.29) is 19.3 Å². The van der Waals surface area contributed by atoms with E-state index in [0.717, 1.165) is 5.56 Å². The maximum absolute atomic E-state index is 12.7. The number of amides is 4. The fourth-order valence-electron chi connectivity index (χ4n) is 2.84. The summed E-state index contributed by atoms with van der Waals surface area (Å²) in [5.41, 5.74) is 11.9. The van der Waals surface area contributed by atoms with Gasteiger partial charge in [0.05, 0.1) is 12.1 Å². The predicted octanol–water partition coefficient (Wildman–Crippen LogP) is -2.24. The molecule has 5 unspecified atom stereocenters. The smallest absolute Gasteiger partial charge is 0.328 e. The SMILES string of the molecule is CC(NC(=O)C(CCC(N)=O)NC(=O)C(N)Cc1ccccc1)C(=O)NC(C(=O)O)C(C)O. The van der Waals surface area contributed by atoms with Crippen molar-refractivity contribution in [2.75, 3.05) is 0 Å². The van der Waals surface area contributed by atoms with Crippen molar-refractivity contribution in [2.24, 2.45) is 11.5 Å². The molecule has 0 spiro atoms. The molecule has 0 saturated heterocycles. The summed E-state index contributed by atoms with van der Waals surface area (Å²) >= 11 is 0. The number of carbonyl (C=O) groups excluding carboxylic acids is 4. The monoisotopic (exact) mass is 465 g/mol. The van der Waals surface area contributed by atoms with E-state index < -0.39 is 59.9 Å². The van der Waals surface area contributed by atoms with Gasteiger partial charge in [-0.05, 0) is 32.3 Å². The first-order chi connectivity index (χ1) is 15.4. The Morgan fingerprint density at radius 1 is 0.939 bits per heavy atom. The summed E-state index contributed by atoms with van der Waals surface area (Å²) in [7, 11) is 0. The molecule has 0 bridgehead atoms. The van der Waals surface area contributed by atoms with Crippen LogP contribution >= 0.6 is 0 Å². The van der Waals surface area contributed by atoms with Crippen LogP contribution in [0.2, 0.25) is 0 Å². The van der Waals surface area contributed by atoms with Crippen LogP contribution in [0.3, 0.4) is 0 Å². The maximum atomic E-state index is 12.7. The van der Waals surface area contributed by atoms with Crippen LogP contribution in [-0.2, 0) is 30.4 Å². The average Bonchev–Trinajstić information content (AvgIpc) is 2.74. The van der Waals surface area contributed by atoms with E-state index in [1.807, 2.05) is 6.07 Å². The summed E-state index contributed by atoms with van der Waals surface area (Å²) in [5, 5.41) is 25.5. The van der Waals surface area contributed by atoms with E-state index in [2.05, 4.69) is 16.0 Å². The lowest BCUT2D eigenvalue weighted by molar-refractivity contribution is -0.145. The van der Waals surface area contributed by atoms with Crippen LogP contribution in [0.5, 0.6) is 0 Å². The van der Waals surface area contributed by atoms with Crippen LogP contribution < -0.4 is 27.4 Å². The molecular weight excluding hydrogens is 434 g/mol. The zero-order valence-electron chi connectivity index (χ0n) is 18.5. The molecule has 9 N–H and O–H groups in total. The molecule has 0 aliphatic heterocycles. The molecule has 5 atom stereocenters. The molecule has 0 aromatic heterocycles. The highest BCUT2D eigenvalue weighted by molar-refractivity contribution is 5.94. The Kier molecular flexibility index (Phi) is 11.0. The number of nitrogens with two attached hydrogens (primary N) is 2. The van der Waals surface area contributed by atoms with Crippen LogP contribution in [-0.4, -0.2) is 70.1 Å². The minimum absolute atomic E-state index is 0.134. The van der Waals surface area contributed by atoms with E-state index in [9.17, 15) is 29.1 Å². The quantitative estimate of drug-likeness (QED) is 0.169. The second kappa shape index (κ2) is 13.1. The number of aliphatic hydroxyl groups excluding tert-OH is 1. The van der Waals surface area contributed by atoms with Crippen molar-refractivity contribution in [3.8, 4) is 0 Å². The second-order valence-corrected chi connectivity index (χ2v) is 7.66. The van der Waals surface area contributed by atoms with E-state index >= 15 is 0 Å². The zero-order valence-corrected chi connectivity index (χ0v) is 18.5. The fraction of sp³-hybridized carbons (Fsp3) is 0.476. The Balaban J connectivity index is 2.80. The lowest BCUT2D eigenvalue weighted by Gasteiger charge is -2.24. The number of aliphatic carboxylic acids is 1. The minimum atomic E-state index is -1.57. The van der Waals surface area contributed by atoms with E-state index in [1.165, 1.54) is 13.8 Å². The predicted molar refractivity (Wildman–Crippen MR) is 117 cm³/mol. The van der Waals surface area contributed by atoms with Gasteiger partial charge in [0.2, 0.25) is 23.6 Å². The van der Waals surface area contributed by atoms with Gasteiger partial charge in [-0.3, -0.25) is 19.2 Å². The van der Waals surface area contributed by atoms with Crippen LogP contribution in [0.1, 0.15) is 32.3 Å². The zero-order chi connectivity index (χ0) is 25.1. The molecule has 182 valence electrons. The van der Waals surface area contributed by atoms with Gasteiger partial charge in [0.1, 0.15) is 12.1 Å². The summed E-state index contributed by atoms with van der Waals surface area (Å²) in [4.78, 5) is 59.7. The molecule has 0 radical (unpaired) electrons. The molecular formula is C21H31N5O7. The van der Waals surface area contributed by atoms with Gasteiger partial charge in [-0.15, -0.1) is 0 Å². The molecule has 0 aliphatic rings. The first-order valence-corrected chi connectivity index (χ1v) is 10.3. The van der Waals surface area contributed by atoms with Gasteiger partial charge in [-0.25, -0.2) is 4.79 Å². The maximum Gasteiger partial charge on any atom is 0.328 e. The summed E-state index contributed by atoms with van der Waals surface area (Å²) in [6.45, 7) is 2.48. The highest BCUT2D eigenvalue weighted by Crippen LogP contribution is 2.04. The number of nitrogens with one attached hydrogen (secondary N) is 3. The summed E-state index contributed by atoms with van der Waals surface area (Å²) < 4.78 is 0. The average molecular weight is 466 g/mol. The Morgan fingerprint density at radius 2 is 1.55 bits per heavy atom. The number of hydrogen-bond donors (Lipinski definition) is 7. The Morgan fingerprint density at radius 3 is 2.06 bits per heavy atom. The van der Waals surface area contributed by atoms with E-state index in [1.54, 1.807) is 24.3 Å². The Bertz CT molecular complexity index is 847. The molecule has 1 aromatic rings. The topological polar surface area (TPSA) is 214 Å². The highest BCUT2D eigenvalue weighted by Gasteiger charge is 2.30. The number of carboxylic acid groups (broad SMARTS) is 1. The molecule has 0 saturated carbocycles. The lowest BCUT2D eigenvalue weighted by atomic mass is 10.0. The number of benzene rings is 1. The molecule has 12 nitrogen and oxygen atoms in total. The summed E-state index contributed by atoms with van der Waals surface area (Å²) in [6.07, 6.45) is -1.50. The number of hydrogen-bond acceptors (Lipinski definition) is 7. The van der Waals surface area contributed by atoms with Crippen molar-refractivity contribution in [3.05, 3.63) is 35.9 Å². The van der Waals surface area contributed by atoms with Gasteiger partial charge in [-0.2, -0.15) is 0 Å².